The highest BCUT2D eigenvalue weighted by Gasteiger charge is 2.22. The van der Waals surface area contributed by atoms with E-state index in [0.29, 0.717) is 23.5 Å². The number of H-pyrrole nitrogens is 2. The first-order valence-corrected chi connectivity index (χ1v) is 6.99. The van der Waals surface area contributed by atoms with Gasteiger partial charge in [-0.05, 0) is 49.3 Å². The van der Waals surface area contributed by atoms with E-state index in [0.717, 1.165) is 30.5 Å². The highest BCUT2D eigenvalue weighted by molar-refractivity contribution is 5.33. The lowest BCUT2D eigenvalue weighted by Gasteiger charge is -2.23. The number of aromatic amines is 2. The Hall–Kier alpha value is -2.61. The van der Waals surface area contributed by atoms with Crippen molar-refractivity contribution < 1.29 is 0 Å². The van der Waals surface area contributed by atoms with Crippen LogP contribution in [-0.4, -0.2) is 9.97 Å². The first-order chi connectivity index (χ1) is 10.2. The smallest absolute Gasteiger partial charge is 0.311 e. The van der Waals surface area contributed by atoms with Crippen molar-refractivity contribution in [3.63, 3.8) is 0 Å². The summed E-state index contributed by atoms with van der Waals surface area (Å²) in [5.74, 6) is 0.360. The largest absolute Gasteiger partial charge is 0.325 e. The summed E-state index contributed by atoms with van der Waals surface area (Å²) < 4.78 is 0. The molecule has 0 saturated heterocycles. The van der Waals surface area contributed by atoms with Gasteiger partial charge in [0.25, 0.3) is 5.56 Å². The fourth-order valence-corrected chi connectivity index (χ4v) is 3.00. The summed E-state index contributed by atoms with van der Waals surface area (Å²) in [4.78, 5) is 28.1. The molecule has 3 rings (SSSR count). The van der Waals surface area contributed by atoms with E-state index in [4.69, 9.17) is 5.26 Å². The fraction of sp³-hybridized carbons (Fsp3) is 0.312. The van der Waals surface area contributed by atoms with Crippen molar-refractivity contribution in [1.82, 2.24) is 9.97 Å². The highest BCUT2D eigenvalue weighted by atomic mass is 16.2. The molecule has 0 saturated carbocycles. The summed E-state index contributed by atoms with van der Waals surface area (Å²) in [6.07, 6.45) is 3.16. The lowest BCUT2D eigenvalue weighted by atomic mass is 9.83. The van der Waals surface area contributed by atoms with Crippen molar-refractivity contribution in [1.29, 1.82) is 5.26 Å². The molecule has 2 N–H and O–H groups in total. The van der Waals surface area contributed by atoms with Gasteiger partial charge in [0.2, 0.25) is 0 Å². The summed E-state index contributed by atoms with van der Waals surface area (Å²) in [6, 6.07) is 9.71. The second-order valence-electron chi connectivity index (χ2n) is 5.49. The quantitative estimate of drug-likeness (QED) is 0.869. The standard InChI is InChI=1S/C16H15N3O2/c17-9-12-3-1-2-10(7-12)6-11-4-5-14-13(8-11)15(20)19-16(21)18-14/h1-3,7,11H,4-6,8H2,(H2,18,19,20,21). The molecule has 1 aliphatic rings. The Morgan fingerprint density at radius 2 is 2.14 bits per heavy atom. The van der Waals surface area contributed by atoms with Crippen molar-refractivity contribution in [2.75, 3.05) is 0 Å². The summed E-state index contributed by atoms with van der Waals surface area (Å²) in [5, 5.41) is 8.93. The Bertz CT molecular complexity index is 826. The zero-order valence-corrected chi connectivity index (χ0v) is 11.5. The summed E-state index contributed by atoms with van der Waals surface area (Å²) in [6.45, 7) is 0. The van der Waals surface area contributed by atoms with Crippen LogP contribution >= 0.6 is 0 Å². The highest BCUT2D eigenvalue weighted by Crippen LogP contribution is 2.24. The van der Waals surface area contributed by atoms with Crippen LogP contribution in [0.2, 0.25) is 0 Å². The second-order valence-corrected chi connectivity index (χ2v) is 5.49. The van der Waals surface area contributed by atoms with Crippen molar-refractivity contribution >= 4 is 0 Å². The molecule has 0 radical (unpaired) electrons. The minimum atomic E-state index is -0.432. The molecule has 1 aromatic heterocycles. The third-order valence-corrected chi connectivity index (χ3v) is 4.01. The molecule has 0 fully saturated rings. The third kappa shape index (κ3) is 2.79. The summed E-state index contributed by atoms with van der Waals surface area (Å²) >= 11 is 0. The van der Waals surface area contributed by atoms with Gasteiger partial charge in [-0.2, -0.15) is 5.26 Å². The predicted molar refractivity (Wildman–Crippen MR) is 78.1 cm³/mol. The number of nitriles is 1. The summed E-state index contributed by atoms with van der Waals surface area (Å²) in [5.41, 5.74) is 2.53. The van der Waals surface area contributed by atoms with E-state index in [1.807, 2.05) is 18.2 Å². The number of aromatic nitrogens is 2. The van der Waals surface area contributed by atoms with Gasteiger partial charge in [-0.15, -0.1) is 0 Å². The third-order valence-electron chi connectivity index (χ3n) is 4.01. The number of rotatable bonds is 2. The molecule has 2 aromatic rings. The number of hydrogen-bond acceptors (Lipinski definition) is 3. The maximum Gasteiger partial charge on any atom is 0.325 e. The fourth-order valence-electron chi connectivity index (χ4n) is 3.00. The van der Waals surface area contributed by atoms with Gasteiger partial charge in [0.05, 0.1) is 11.6 Å². The second kappa shape index (κ2) is 5.41. The van der Waals surface area contributed by atoms with Gasteiger partial charge in [-0.25, -0.2) is 4.79 Å². The van der Waals surface area contributed by atoms with Crippen LogP contribution in [0.25, 0.3) is 0 Å². The Labute approximate surface area is 121 Å². The zero-order chi connectivity index (χ0) is 14.8. The van der Waals surface area contributed by atoms with Gasteiger partial charge in [-0.1, -0.05) is 12.1 Å². The molecule has 0 amide bonds. The van der Waals surface area contributed by atoms with Crippen molar-refractivity contribution in [2.24, 2.45) is 5.92 Å². The van der Waals surface area contributed by atoms with Crippen LogP contribution in [0.4, 0.5) is 0 Å². The minimum Gasteiger partial charge on any atom is -0.311 e. The Morgan fingerprint density at radius 1 is 1.29 bits per heavy atom. The van der Waals surface area contributed by atoms with E-state index in [2.05, 4.69) is 16.0 Å². The Balaban J connectivity index is 1.82. The lowest BCUT2D eigenvalue weighted by molar-refractivity contribution is 0.445. The maximum absolute atomic E-state index is 11.9. The van der Waals surface area contributed by atoms with E-state index in [1.54, 1.807) is 6.07 Å². The van der Waals surface area contributed by atoms with Crippen LogP contribution in [0.5, 0.6) is 0 Å². The molecule has 0 aliphatic heterocycles. The van der Waals surface area contributed by atoms with Gasteiger partial charge in [0, 0.05) is 11.3 Å². The molecule has 1 unspecified atom stereocenters. The van der Waals surface area contributed by atoms with E-state index >= 15 is 0 Å². The number of benzene rings is 1. The minimum absolute atomic E-state index is 0.274. The molecule has 1 aliphatic carbocycles. The first kappa shape index (κ1) is 13.4. The number of hydrogen-bond donors (Lipinski definition) is 2. The van der Waals surface area contributed by atoms with Crippen LogP contribution in [0.3, 0.4) is 0 Å². The Kier molecular flexibility index (Phi) is 3.44. The maximum atomic E-state index is 11.9. The summed E-state index contributed by atoms with van der Waals surface area (Å²) in [7, 11) is 0. The average molecular weight is 281 g/mol. The molecule has 5 heteroatoms. The van der Waals surface area contributed by atoms with Gasteiger partial charge in [0.15, 0.2) is 0 Å². The monoisotopic (exact) mass is 281 g/mol. The van der Waals surface area contributed by atoms with Crippen LogP contribution in [0.15, 0.2) is 33.9 Å². The van der Waals surface area contributed by atoms with E-state index < -0.39 is 5.69 Å². The van der Waals surface area contributed by atoms with Crippen LogP contribution < -0.4 is 11.2 Å². The molecule has 21 heavy (non-hydrogen) atoms. The molecular weight excluding hydrogens is 266 g/mol. The number of nitrogens with one attached hydrogen (secondary N) is 2. The molecule has 5 nitrogen and oxygen atoms in total. The van der Waals surface area contributed by atoms with Crippen LogP contribution in [0, 0.1) is 17.2 Å². The van der Waals surface area contributed by atoms with E-state index in [9.17, 15) is 9.59 Å². The van der Waals surface area contributed by atoms with Gasteiger partial charge >= 0.3 is 5.69 Å². The zero-order valence-electron chi connectivity index (χ0n) is 11.5. The topological polar surface area (TPSA) is 89.5 Å². The van der Waals surface area contributed by atoms with Crippen molar-refractivity contribution in [3.05, 3.63) is 67.5 Å². The van der Waals surface area contributed by atoms with Crippen LogP contribution in [-0.2, 0) is 19.3 Å². The molecule has 0 bridgehead atoms. The van der Waals surface area contributed by atoms with Gasteiger partial charge in [-0.3, -0.25) is 9.78 Å². The van der Waals surface area contributed by atoms with Gasteiger partial charge < -0.3 is 4.98 Å². The molecule has 1 heterocycles. The molecule has 1 aromatic carbocycles. The predicted octanol–water partition coefficient (Wildman–Crippen LogP) is 1.28. The van der Waals surface area contributed by atoms with Gasteiger partial charge in [0.1, 0.15) is 0 Å². The average Bonchev–Trinajstić information content (AvgIpc) is 2.48. The Morgan fingerprint density at radius 3 is 2.95 bits per heavy atom. The first-order valence-electron chi connectivity index (χ1n) is 6.99. The van der Waals surface area contributed by atoms with E-state index in [1.165, 1.54) is 0 Å². The molecule has 0 spiro atoms. The van der Waals surface area contributed by atoms with Crippen molar-refractivity contribution in [3.8, 4) is 6.07 Å². The number of aryl methyl sites for hydroxylation is 1. The van der Waals surface area contributed by atoms with Crippen molar-refractivity contribution in [2.45, 2.75) is 25.7 Å². The lowest BCUT2D eigenvalue weighted by Crippen LogP contribution is -2.32. The number of fused-ring (bicyclic) bond motifs is 1. The SMILES string of the molecule is N#Cc1cccc(CC2CCc3[nH]c(=O)[nH]c(=O)c3C2)c1. The van der Waals surface area contributed by atoms with E-state index in [-0.39, 0.29) is 5.56 Å². The van der Waals surface area contributed by atoms with Crippen LogP contribution in [0.1, 0.15) is 28.8 Å². The molecular formula is C16H15N3O2. The normalized spacial score (nSPS) is 17.0. The molecule has 1 atom stereocenters. The molecule has 106 valence electrons. The number of nitrogens with zero attached hydrogens (tertiary/aromatic N) is 1.